The van der Waals surface area contributed by atoms with Crippen LogP contribution >= 0.6 is 0 Å². The van der Waals surface area contributed by atoms with Crippen molar-refractivity contribution < 1.29 is 20.1 Å². The Morgan fingerprint density at radius 3 is 2.00 bits per heavy atom. The zero-order chi connectivity index (χ0) is 13.8. The van der Waals surface area contributed by atoms with Gasteiger partial charge in [-0.25, -0.2) is 4.79 Å². The zero-order valence-electron chi connectivity index (χ0n) is 9.97. The Balaban J connectivity index is 2.22. The summed E-state index contributed by atoms with van der Waals surface area (Å²) >= 11 is 0. The molecule has 0 saturated heterocycles. The van der Waals surface area contributed by atoms with Crippen LogP contribution < -0.4 is 0 Å². The monoisotopic (exact) mass is 259 g/mol. The number of aliphatic hydroxyl groups is 2. The highest BCUT2D eigenvalue weighted by atomic mass is 16.4. The van der Waals surface area contributed by atoms with Crippen LogP contribution in [0.4, 0.5) is 0 Å². The van der Waals surface area contributed by atoms with Crippen LogP contribution in [-0.2, 0) is 4.79 Å². The van der Waals surface area contributed by atoms with E-state index in [1.807, 2.05) is 12.1 Å². The van der Waals surface area contributed by atoms with Crippen molar-refractivity contribution in [1.29, 1.82) is 0 Å². The fourth-order valence-electron chi connectivity index (χ4n) is 1.73. The maximum atomic E-state index is 10.6. The van der Waals surface area contributed by atoms with Gasteiger partial charge in [0.15, 0.2) is 6.10 Å². The lowest BCUT2D eigenvalue weighted by atomic mass is 10.0. The average Bonchev–Trinajstić information content (AvgIpc) is 2.46. The first-order valence-electron chi connectivity index (χ1n) is 5.69. The van der Waals surface area contributed by atoms with Crippen molar-refractivity contribution in [3.05, 3.63) is 54.4 Å². The lowest BCUT2D eigenvalue weighted by molar-refractivity contribution is -0.153. The molecule has 0 fully saturated rings. The van der Waals surface area contributed by atoms with Gasteiger partial charge in [-0.15, -0.1) is 0 Å². The molecule has 0 aliphatic carbocycles. The van der Waals surface area contributed by atoms with E-state index < -0.39 is 18.2 Å². The third-order valence-corrected chi connectivity index (χ3v) is 2.82. The maximum Gasteiger partial charge on any atom is 0.335 e. The Morgan fingerprint density at radius 2 is 1.47 bits per heavy atom. The lowest BCUT2D eigenvalue weighted by Crippen LogP contribution is -2.27. The van der Waals surface area contributed by atoms with Crippen molar-refractivity contribution in [2.75, 3.05) is 0 Å². The fourth-order valence-corrected chi connectivity index (χ4v) is 1.73. The number of nitrogens with zero attached hydrogens (tertiary/aromatic N) is 1. The summed E-state index contributed by atoms with van der Waals surface area (Å²) < 4.78 is 0. The average molecular weight is 259 g/mol. The van der Waals surface area contributed by atoms with Gasteiger partial charge < -0.3 is 15.3 Å². The first-order chi connectivity index (χ1) is 9.09. The SMILES string of the molecule is O=C(O)C(O)C(O)c1ccc(-c2ccncc2)cc1. The molecule has 2 rings (SSSR count). The van der Waals surface area contributed by atoms with Crippen LogP contribution in [0.3, 0.4) is 0 Å². The number of rotatable bonds is 4. The van der Waals surface area contributed by atoms with Gasteiger partial charge in [-0.1, -0.05) is 24.3 Å². The third-order valence-electron chi connectivity index (χ3n) is 2.82. The van der Waals surface area contributed by atoms with E-state index in [9.17, 15) is 15.0 Å². The van der Waals surface area contributed by atoms with Crippen molar-refractivity contribution in [3.8, 4) is 11.1 Å². The minimum Gasteiger partial charge on any atom is -0.479 e. The van der Waals surface area contributed by atoms with Crippen molar-refractivity contribution >= 4 is 5.97 Å². The molecular weight excluding hydrogens is 246 g/mol. The number of aliphatic carboxylic acids is 1. The van der Waals surface area contributed by atoms with Crippen molar-refractivity contribution in [3.63, 3.8) is 0 Å². The first-order valence-corrected chi connectivity index (χ1v) is 5.69. The normalized spacial score (nSPS) is 13.8. The van der Waals surface area contributed by atoms with E-state index in [2.05, 4.69) is 4.98 Å². The van der Waals surface area contributed by atoms with E-state index in [1.165, 1.54) is 0 Å². The molecule has 1 aromatic heterocycles. The summed E-state index contributed by atoms with van der Waals surface area (Å²) in [5, 5.41) is 27.6. The number of carboxylic acids is 1. The lowest BCUT2D eigenvalue weighted by Gasteiger charge is -2.14. The van der Waals surface area contributed by atoms with E-state index in [1.54, 1.807) is 36.7 Å². The highest BCUT2D eigenvalue weighted by molar-refractivity contribution is 5.73. The Labute approximate surface area is 109 Å². The molecule has 0 aliphatic rings. The van der Waals surface area contributed by atoms with Gasteiger partial charge in [0.05, 0.1) is 0 Å². The summed E-state index contributed by atoms with van der Waals surface area (Å²) in [6.07, 6.45) is 0.0780. The van der Waals surface area contributed by atoms with Crippen LogP contribution in [0.2, 0.25) is 0 Å². The molecule has 1 heterocycles. The Morgan fingerprint density at radius 1 is 0.947 bits per heavy atom. The highest BCUT2D eigenvalue weighted by Crippen LogP contribution is 2.23. The molecule has 2 atom stereocenters. The van der Waals surface area contributed by atoms with Crippen LogP contribution in [0, 0.1) is 0 Å². The number of hydrogen-bond acceptors (Lipinski definition) is 4. The van der Waals surface area contributed by atoms with E-state index >= 15 is 0 Å². The second kappa shape index (κ2) is 5.60. The van der Waals surface area contributed by atoms with E-state index in [0.717, 1.165) is 11.1 Å². The molecule has 0 radical (unpaired) electrons. The van der Waals surface area contributed by atoms with Crippen LogP contribution in [0.5, 0.6) is 0 Å². The van der Waals surface area contributed by atoms with Crippen LogP contribution in [0.15, 0.2) is 48.8 Å². The summed E-state index contributed by atoms with van der Waals surface area (Å²) in [6.45, 7) is 0. The molecule has 0 saturated carbocycles. The number of aromatic nitrogens is 1. The molecule has 0 amide bonds. The predicted octanol–water partition coefficient (Wildman–Crippen LogP) is 1.23. The first kappa shape index (κ1) is 13.2. The quantitative estimate of drug-likeness (QED) is 0.768. The van der Waals surface area contributed by atoms with Gasteiger partial charge >= 0.3 is 5.97 Å². The standard InChI is InChI=1S/C14H13NO4/c16-12(13(17)14(18)19)11-3-1-9(2-4-11)10-5-7-15-8-6-10/h1-8,12-13,16-17H,(H,18,19). The molecule has 0 bridgehead atoms. The minimum absolute atomic E-state index is 0.354. The van der Waals surface area contributed by atoms with Crippen molar-refractivity contribution in [2.45, 2.75) is 12.2 Å². The smallest absolute Gasteiger partial charge is 0.335 e. The fraction of sp³-hybridized carbons (Fsp3) is 0.143. The molecule has 0 aliphatic heterocycles. The van der Waals surface area contributed by atoms with Gasteiger partial charge in [-0.05, 0) is 28.8 Å². The second-order valence-electron chi connectivity index (χ2n) is 4.09. The van der Waals surface area contributed by atoms with Gasteiger partial charge in [0.25, 0.3) is 0 Å². The molecule has 0 spiro atoms. The summed E-state index contributed by atoms with van der Waals surface area (Å²) in [6, 6.07) is 10.4. The van der Waals surface area contributed by atoms with Crippen molar-refractivity contribution in [2.24, 2.45) is 0 Å². The van der Waals surface area contributed by atoms with Crippen LogP contribution in [0.25, 0.3) is 11.1 Å². The topological polar surface area (TPSA) is 90.7 Å². The van der Waals surface area contributed by atoms with Crippen molar-refractivity contribution in [1.82, 2.24) is 4.98 Å². The molecule has 98 valence electrons. The Kier molecular flexibility index (Phi) is 3.89. The Bertz CT molecular complexity index is 553. The second-order valence-corrected chi connectivity index (χ2v) is 4.09. The minimum atomic E-state index is -1.83. The number of pyridine rings is 1. The highest BCUT2D eigenvalue weighted by Gasteiger charge is 2.24. The van der Waals surface area contributed by atoms with E-state index in [-0.39, 0.29) is 0 Å². The molecular formula is C14H13NO4. The van der Waals surface area contributed by atoms with Crippen LogP contribution in [0.1, 0.15) is 11.7 Å². The van der Waals surface area contributed by atoms with Gasteiger partial charge in [0.2, 0.25) is 0 Å². The molecule has 3 N–H and O–H groups in total. The van der Waals surface area contributed by atoms with E-state index in [4.69, 9.17) is 5.11 Å². The summed E-state index contributed by atoms with van der Waals surface area (Å²) in [4.78, 5) is 14.5. The number of benzene rings is 1. The number of hydrogen-bond donors (Lipinski definition) is 3. The Hall–Kier alpha value is -2.24. The van der Waals surface area contributed by atoms with E-state index in [0.29, 0.717) is 5.56 Å². The molecule has 5 nitrogen and oxygen atoms in total. The third kappa shape index (κ3) is 2.96. The van der Waals surface area contributed by atoms with Gasteiger partial charge in [-0.2, -0.15) is 0 Å². The summed E-state index contributed by atoms with van der Waals surface area (Å²) in [7, 11) is 0. The maximum absolute atomic E-state index is 10.6. The number of carboxylic acid groups (broad SMARTS) is 1. The molecule has 1 aromatic carbocycles. The predicted molar refractivity (Wildman–Crippen MR) is 68.3 cm³/mol. The zero-order valence-corrected chi connectivity index (χ0v) is 9.97. The molecule has 2 aromatic rings. The van der Waals surface area contributed by atoms with Gasteiger partial charge in [-0.3, -0.25) is 4.98 Å². The number of carbonyl (C=O) groups is 1. The summed E-state index contributed by atoms with van der Waals surface area (Å²) in [5.41, 5.74) is 2.24. The number of aliphatic hydroxyl groups excluding tert-OH is 2. The van der Waals surface area contributed by atoms with Gasteiger partial charge in [0, 0.05) is 12.4 Å². The molecule has 2 unspecified atom stereocenters. The van der Waals surface area contributed by atoms with Crippen LogP contribution in [-0.4, -0.2) is 32.4 Å². The van der Waals surface area contributed by atoms with Gasteiger partial charge in [0.1, 0.15) is 6.10 Å². The molecule has 19 heavy (non-hydrogen) atoms. The summed E-state index contributed by atoms with van der Waals surface area (Å²) in [5.74, 6) is -1.45. The largest absolute Gasteiger partial charge is 0.479 e. The molecule has 5 heteroatoms.